The van der Waals surface area contributed by atoms with Gasteiger partial charge in [0.15, 0.2) is 6.29 Å². The number of hydrogen-bond acceptors (Lipinski definition) is 8. The molecule has 0 radical (unpaired) electrons. The number of ether oxygens (including phenoxy) is 2. The lowest BCUT2D eigenvalue weighted by Crippen LogP contribution is -2.60. The summed E-state index contributed by atoms with van der Waals surface area (Å²) in [5.74, 6) is -0.181. The summed E-state index contributed by atoms with van der Waals surface area (Å²) in [5, 5.41) is 54.5. The van der Waals surface area contributed by atoms with Gasteiger partial charge in [-0.15, -0.1) is 0 Å². The van der Waals surface area contributed by atoms with Gasteiger partial charge in [-0.2, -0.15) is 0 Å². The van der Waals surface area contributed by atoms with Gasteiger partial charge in [0, 0.05) is 6.42 Å². The summed E-state index contributed by atoms with van der Waals surface area (Å²) < 4.78 is 11.3. The highest BCUT2D eigenvalue weighted by molar-refractivity contribution is 5.76. The molecule has 6 N–H and O–H groups in total. The van der Waals surface area contributed by atoms with Gasteiger partial charge in [-0.3, -0.25) is 4.79 Å². The average molecular weight is 936 g/mol. The third-order valence-electron chi connectivity index (χ3n) is 13.8. The zero-order chi connectivity index (χ0) is 48.0. The summed E-state index contributed by atoms with van der Waals surface area (Å²) >= 11 is 0. The van der Waals surface area contributed by atoms with Crippen molar-refractivity contribution in [2.45, 2.75) is 320 Å². The fourth-order valence-electron chi connectivity index (χ4n) is 9.23. The third-order valence-corrected chi connectivity index (χ3v) is 13.8. The fraction of sp³-hybridized carbons (Fsp3) is 0.912. The molecule has 1 aliphatic rings. The highest BCUT2D eigenvalue weighted by atomic mass is 16.7. The topological polar surface area (TPSA) is 149 Å². The Labute approximate surface area is 407 Å². The van der Waals surface area contributed by atoms with Gasteiger partial charge in [0.2, 0.25) is 5.91 Å². The molecule has 7 atom stereocenters. The normalized spacial score (nSPS) is 19.9. The Bertz CT molecular complexity index is 1090. The van der Waals surface area contributed by atoms with Crippen LogP contribution in [-0.4, -0.2) is 87.5 Å². The van der Waals surface area contributed by atoms with Crippen molar-refractivity contribution in [1.82, 2.24) is 5.32 Å². The van der Waals surface area contributed by atoms with Crippen LogP contribution in [0.4, 0.5) is 0 Å². The molecule has 0 bridgehead atoms. The van der Waals surface area contributed by atoms with Gasteiger partial charge >= 0.3 is 0 Å². The number of carbonyl (C=O) groups is 1. The number of aliphatic hydroxyl groups excluding tert-OH is 5. The zero-order valence-corrected chi connectivity index (χ0v) is 43.2. The highest BCUT2D eigenvalue weighted by Crippen LogP contribution is 2.23. The van der Waals surface area contributed by atoms with E-state index in [0.717, 1.165) is 38.5 Å². The number of carbonyl (C=O) groups excluding carboxylic acids is 1. The standard InChI is InChI=1S/C57H109NO8/c1-3-5-7-9-11-13-15-17-19-21-23-24-25-26-27-28-29-30-32-34-36-38-40-42-44-46-51(60)50(49-65-57-56(64)55(63)54(62)52(48-59)66-57)58-53(61)47-45-43-41-39-37-35-33-31-22-20-18-16-14-12-10-8-6-4-2/h36,38,44,46,50-52,54-57,59-60,62-64H,3-35,37,39-43,45,47-49H2,1-2H3,(H,58,61)/b38-36+,46-44+. The van der Waals surface area contributed by atoms with E-state index in [1.807, 2.05) is 6.08 Å². The summed E-state index contributed by atoms with van der Waals surface area (Å²) in [6, 6.07) is -0.818. The van der Waals surface area contributed by atoms with Crippen LogP contribution >= 0.6 is 0 Å². The molecule has 1 heterocycles. The van der Waals surface area contributed by atoms with Crippen LogP contribution in [-0.2, 0) is 14.3 Å². The minimum atomic E-state index is -1.57. The summed E-state index contributed by atoms with van der Waals surface area (Å²) in [6.45, 7) is 3.80. The number of unbranched alkanes of at least 4 members (excludes halogenated alkanes) is 37. The maximum absolute atomic E-state index is 13.0. The van der Waals surface area contributed by atoms with Crippen molar-refractivity contribution in [3.63, 3.8) is 0 Å². The SMILES string of the molecule is CCCCCCCCCCCCCCCCCCCCC/C=C/CC/C=C/C(O)C(COC1OC(CO)C(O)C(O)C1O)NC(=O)CCCCCCCCCCCCCCCCCCCC. The monoisotopic (exact) mass is 936 g/mol. The zero-order valence-electron chi connectivity index (χ0n) is 43.2. The molecule has 1 saturated heterocycles. The van der Waals surface area contributed by atoms with E-state index in [-0.39, 0.29) is 12.5 Å². The van der Waals surface area contributed by atoms with Crippen LogP contribution in [0.1, 0.15) is 277 Å². The quantitative estimate of drug-likeness (QED) is 0.0261. The van der Waals surface area contributed by atoms with E-state index >= 15 is 0 Å². The first-order chi connectivity index (χ1) is 32.3. The van der Waals surface area contributed by atoms with Crippen LogP contribution in [0.3, 0.4) is 0 Å². The lowest BCUT2D eigenvalue weighted by atomic mass is 9.99. The Kier molecular flexibility index (Phi) is 45.0. The first-order valence-corrected chi connectivity index (χ1v) is 28.6. The smallest absolute Gasteiger partial charge is 0.220 e. The predicted octanol–water partition coefficient (Wildman–Crippen LogP) is 13.8. The van der Waals surface area contributed by atoms with E-state index in [9.17, 15) is 30.3 Å². The van der Waals surface area contributed by atoms with E-state index in [4.69, 9.17) is 9.47 Å². The summed E-state index contributed by atoms with van der Waals surface area (Å²) in [7, 11) is 0. The Morgan fingerprint density at radius 2 is 0.864 bits per heavy atom. The number of rotatable bonds is 49. The van der Waals surface area contributed by atoms with Crippen LogP contribution in [0.15, 0.2) is 24.3 Å². The molecule has 0 aromatic carbocycles. The van der Waals surface area contributed by atoms with Gasteiger partial charge < -0.3 is 40.3 Å². The van der Waals surface area contributed by atoms with E-state index in [1.54, 1.807) is 6.08 Å². The Balaban J connectivity index is 2.25. The van der Waals surface area contributed by atoms with E-state index in [2.05, 4.69) is 31.3 Å². The van der Waals surface area contributed by atoms with Gasteiger partial charge in [0.05, 0.1) is 25.4 Å². The predicted molar refractivity (Wildman–Crippen MR) is 277 cm³/mol. The average Bonchev–Trinajstić information content (AvgIpc) is 3.32. The Morgan fingerprint density at radius 1 is 0.500 bits per heavy atom. The molecule has 1 amide bonds. The first-order valence-electron chi connectivity index (χ1n) is 28.6. The lowest BCUT2D eigenvalue weighted by molar-refractivity contribution is -0.302. The molecule has 0 saturated carbocycles. The van der Waals surface area contributed by atoms with Crippen molar-refractivity contribution in [1.29, 1.82) is 0 Å². The molecule has 0 aromatic heterocycles. The Hall–Kier alpha value is -1.33. The van der Waals surface area contributed by atoms with Gasteiger partial charge in [0.1, 0.15) is 24.4 Å². The maximum Gasteiger partial charge on any atom is 0.220 e. The van der Waals surface area contributed by atoms with Crippen LogP contribution in [0, 0.1) is 0 Å². The fourth-order valence-corrected chi connectivity index (χ4v) is 9.23. The number of allylic oxidation sites excluding steroid dienone is 3. The second-order valence-electron chi connectivity index (χ2n) is 20.1. The molecule has 1 fully saturated rings. The second-order valence-corrected chi connectivity index (χ2v) is 20.1. The first kappa shape index (κ1) is 62.7. The lowest BCUT2D eigenvalue weighted by Gasteiger charge is -2.40. The molecule has 0 aliphatic carbocycles. The van der Waals surface area contributed by atoms with Crippen LogP contribution in [0.25, 0.3) is 0 Å². The van der Waals surface area contributed by atoms with Crippen molar-refractivity contribution in [2.75, 3.05) is 13.2 Å². The third kappa shape index (κ3) is 36.6. The second kappa shape index (κ2) is 47.4. The van der Waals surface area contributed by atoms with E-state index in [1.165, 1.54) is 218 Å². The number of aliphatic hydroxyl groups is 5. The van der Waals surface area contributed by atoms with Crippen molar-refractivity contribution < 1.29 is 39.8 Å². The molecule has 1 rings (SSSR count). The molecule has 0 aromatic rings. The minimum Gasteiger partial charge on any atom is -0.394 e. The number of hydrogen-bond donors (Lipinski definition) is 6. The Morgan fingerprint density at radius 3 is 1.27 bits per heavy atom. The molecule has 390 valence electrons. The molecule has 66 heavy (non-hydrogen) atoms. The van der Waals surface area contributed by atoms with Gasteiger partial charge in [-0.25, -0.2) is 0 Å². The summed E-state index contributed by atoms with van der Waals surface area (Å²) in [5.41, 5.74) is 0. The van der Waals surface area contributed by atoms with Crippen LogP contribution in [0.2, 0.25) is 0 Å². The van der Waals surface area contributed by atoms with Gasteiger partial charge in [-0.05, 0) is 32.1 Å². The molecular formula is C57H109NO8. The molecule has 9 nitrogen and oxygen atoms in total. The minimum absolute atomic E-state index is 0.181. The molecule has 9 heteroatoms. The summed E-state index contributed by atoms with van der Waals surface area (Å²) in [4.78, 5) is 13.0. The summed E-state index contributed by atoms with van der Waals surface area (Å²) in [6.07, 6.45) is 52.5. The molecule has 0 spiro atoms. The highest BCUT2D eigenvalue weighted by Gasteiger charge is 2.44. The van der Waals surface area contributed by atoms with E-state index in [0.29, 0.717) is 6.42 Å². The van der Waals surface area contributed by atoms with E-state index < -0.39 is 49.5 Å². The molecule has 7 unspecified atom stereocenters. The molecule has 1 aliphatic heterocycles. The van der Waals surface area contributed by atoms with Crippen molar-refractivity contribution >= 4 is 5.91 Å². The van der Waals surface area contributed by atoms with Crippen molar-refractivity contribution in [3.8, 4) is 0 Å². The molecular weight excluding hydrogens is 827 g/mol. The van der Waals surface area contributed by atoms with Gasteiger partial charge in [0.25, 0.3) is 0 Å². The van der Waals surface area contributed by atoms with Crippen molar-refractivity contribution in [3.05, 3.63) is 24.3 Å². The largest absolute Gasteiger partial charge is 0.394 e. The number of nitrogens with one attached hydrogen (secondary N) is 1. The van der Waals surface area contributed by atoms with Crippen LogP contribution in [0.5, 0.6) is 0 Å². The maximum atomic E-state index is 13.0. The van der Waals surface area contributed by atoms with Gasteiger partial charge in [-0.1, -0.05) is 263 Å². The van der Waals surface area contributed by atoms with Crippen molar-refractivity contribution in [2.24, 2.45) is 0 Å². The van der Waals surface area contributed by atoms with Crippen LogP contribution < -0.4 is 5.32 Å². The number of amides is 1.